The summed E-state index contributed by atoms with van der Waals surface area (Å²) in [5, 5.41) is 9.67. The van der Waals surface area contributed by atoms with Crippen LogP contribution in [0.3, 0.4) is 0 Å². The highest BCUT2D eigenvalue weighted by Crippen LogP contribution is 2.25. The maximum absolute atomic E-state index is 9.67. The van der Waals surface area contributed by atoms with E-state index in [1.165, 1.54) is 5.56 Å². The smallest absolute Gasteiger partial charge is 0.0998 e. The summed E-state index contributed by atoms with van der Waals surface area (Å²) in [6, 6.07) is 29.0. The van der Waals surface area contributed by atoms with Crippen LogP contribution >= 0.6 is 0 Å². The quantitative estimate of drug-likeness (QED) is 0.240. The molecule has 0 spiro atoms. The predicted octanol–water partition coefficient (Wildman–Crippen LogP) is 8.76. The molecule has 0 atom stereocenters. The summed E-state index contributed by atoms with van der Waals surface area (Å²) in [7, 11) is 0. The maximum Gasteiger partial charge on any atom is 0.0998 e. The van der Waals surface area contributed by atoms with E-state index in [4.69, 9.17) is 0 Å². The summed E-state index contributed by atoms with van der Waals surface area (Å²) < 4.78 is 0. The SMILES string of the molecule is C=C(/C=C\C(=C/C)c1ccc(C(=C)/C=C(/C#N)c2ccccc2C)cc1)CCc1ccccc1. The molecule has 0 amide bonds. The van der Waals surface area contributed by atoms with Gasteiger partial charge in [-0.05, 0) is 71.7 Å². The first-order chi connectivity index (χ1) is 16.5. The Kier molecular flexibility index (Phi) is 8.78. The zero-order chi connectivity index (χ0) is 24.3. The number of allylic oxidation sites excluding steroid dienone is 8. The summed E-state index contributed by atoms with van der Waals surface area (Å²) in [4.78, 5) is 0. The zero-order valence-electron chi connectivity index (χ0n) is 20.1. The largest absolute Gasteiger partial charge is 0.192 e. The summed E-state index contributed by atoms with van der Waals surface area (Å²) in [6.45, 7) is 12.5. The molecule has 0 aliphatic rings. The average Bonchev–Trinajstić information content (AvgIpc) is 2.87. The van der Waals surface area contributed by atoms with Crippen LogP contribution in [0.2, 0.25) is 0 Å². The van der Waals surface area contributed by atoms with Crippen LogP contribution in [0.25, 0.3) is 16.7 Å². The van der Waals surface area contributed by atoms with Gasteiger partial charge in [0.1, 0.15) is 0 Å². The van der Waals surface area contributed by atoms with Gasteiger partial charge in [0.25, 0.3) is 0 Å². The maximum atomic E-state index is 9.67. The van der Waals surface area contributed by atoms with Crippen LogP contribution in [0.5, 0.6) is 0 Å². The molecule has 3 aromatic carbocycles. The third kappa shape index (κ3) is 6.67. The molecule has 1 heteroatoms. The summed E-state index contributed by atoms with van der Waals surface area (Å²) in [5.41, 5.74) is 9.17. The van der Waals surface area contributed by atoms with Crippen molar-refractivity contribution >= 4 is 16.7 Å². The second-order valence-corrected chi connectivity index (χ2v) is 8.31. The van der Waals surface area contributed by atoms with Crippen molar-refractivity contribution in [2.45, 2.75) is 26.7 Å². The van der Waals surface area contributed by atoms with E-state index >= 15 is 0 Å². The van der Waals surface area contributed by atoms with Crippen LogP contribution in [0.4, 0.5) is 0 Å². The Balaban J connectivity index is 1.68. The highest BCUT2D eigenvalue weighted by atomic mass is 14.3. The minimum atomic E-state index is 0.623. The van der Waals surface area contributed by atoms with Crippen molar-refractivity contribution < 1.29 is 0 Å². The third-order valence-electron chi connectivity index (χ3n) is 5.85. The van der Waals surface area contributed by atoms with Crippen LogP contribution in [0, 0.1) is 18.3 Å². The molecule has 0 bridgehead atoms. The van der Waals surface area contributed by atoms with Crippen molar-refractivity contribution in [3.63, 3.8) is 0 Å². The fourth-order valence-corrected chi connectivity index (χ4v) is 3.78. The number of nitrogens with zero attached hydrogens (tertiary/aromatic N) is 1. The molecule has 0 fully saturated rings. The number of hydrogen-bond acceptors (Lipinski definition) is 1. The van der Waals surface area contributed by atoms with Gasteiger partial charge in [-0.15, -0.1) is 0 Å². The number of rotatable bonds is 9. The van der Waals surface area contributed by atoms with Crippen molar-refractivity contribution in [2.75, 3.05) is 0 Å². The fraction of sp³-hybridized carbons (Fsp3) is 0.121. The van der Waals surface area contributed by atoms with Crippen LogP contribution in [-0.2, 0) is 6.42 Å². The monoisotopic (exact) mass is 441 g/mol. The lowest BCUT2D eigenvalue weighted by atomic mass is 9.96. The van der Waals surface area contributed by atoms with Crippen LogP contribution in [0.15, 0.2) is 122 Å². The molecule has 0 N–H and O–H groups in total. The summed E-state index contributed by atoms with van der Waals surface area (Å²) in [5.74, 6) is 0. The Morgan fingerprint density at radius 2 is 1.50 bits per heavy atom. The second kappa shape index (κ2) is 12.2. The molecule has 0 aromatic heterocycles. The molecular weight excluding hydrogens is 410 g/mol. The molecule has 0 aliphatic carbocycles. The number of nitriles is 1. The molecule has 34 heavy (non-hydrogen) atoms. The molecule has 0 heterocycles. The Bertz CT molecular complexity index is 1280. The minimum Gasteiger partial charge on any atom is -0.192 e. The number of aryl methyl sites for hydroxylation is 2. The van der Waals surface area contributed by atoms with Gasteiger partial charge in [-0.1, -0.05) is 116 Å². The highest BCUT2D eigenvalue weighted by molar-refractivity contribution is 5.89. The van der Waals surface area contributed by atoms with Gasteiger partial charge < -0.3 is 0 Å². The molecule has 0 unspecified atom stereocenters. The fourth-order valence-electron chi connectivity index (χ4n) is 3.78. The lowest BCUT2D eigenvalue weighted by molar-refractivity contribution is 0.969. The van der Waals surface area contributed by atoms with Gasteiger partial charge in [0.15, 0.2) is 0 Å². The van der Waals surface area contributed by atoms with Crippen molar-refractivity contribution in [1.82, 2.24) is 0 Å². The first-order valence-corrected chi connectivity index (χ1v) is 11.6. The average molecular weight is 442 g/mol. The molecule has 0 saturated heterocycles. The van der Waals surface area contributed by atoms with Crippen LogP contribution in [0.1, 0.15) is 41.2 Å². The third-order valence-corrected chi connectivity index (χ3v) is 5.85. The first-order valence-electron chi connectivity index (χ1n) is 11.6. The predicted molar refractivity (Wildman–Crippen MR) is 147 cm³/mol. The highest BCUT2D eigenvalue weighted by Gasteiger charge is 2.06. The molecule has 1 nitrogen and oxygen atoms in total. The Morgan fingerprint density at radius 1 is 0.853 bits per heavy atom. The Labute approximate surface area is 204 Å². The lowest BCUT2D eigenvalue weighted by Crippen LogP contribution is -1.89. The van der Waals surface area contributed by atoms with Gasteiger partial charge in [0.05, 0.1) is 11.6 Å². The number of hydrogen-bond donors (Lipinski definition) is 0. The lowest BCUT2D eigenvalue weighted by Gasteiger charge is -2.08. The van der Waals surface area contributed by atoms with E-state index in [-0.39, 0.29) is 0 Å². The molecular formula is C33H31N. The molecule has 0 radical (unpaired) electrons. The molecule has 3 rings (SSSR count). The van der Waals surface area contributed by atoms with E-state index in [1.54, 1.807) is 0 Å². The van der Waals surface area contributed by atoms with Crippen molar-refractivity contribution in [3.8, 4) is 6.07 Å². The molecule has 168 valence electrons. The van der Waals surface area contributed by atoms with Gasteiger partial charge in [-0.25, -0.2) is 0 Å². The van der Waals surface area contributed by atoms with Gasteiger partial charge in [-0.3, -0.25) is 0 Å². The zero-order valence-corrected chi connectivity index (χ0v) is 20.1. The minimum absolute atomic E-state index is 0.623. The van der Waals surface area contributed by atoms with Crippen LogP contribution in [-0.4, -0.2) is 0 Å². The molecule has 3 aromatic rings. The molecule has 0 saturated carbocycles. The Hall–Kier alpha value is -4.15. The van der Waals surface area contributed by atoms with E-state index in [0.717, 1.165) is 51.8 Å². The van der Waals surface area contributed by atoms with Gasteiger partial charge in [0, 0.05) is 0 Å². The first kappa shape index (κ1) is 24.5. The van der Waals surface area contributed by atoms with Crippen molar-refractivity contribution in [2.24, 2.45) is 0 Å². The van der Waals surface area contributed by atoms with E-state index in [1.807, 2.05) is 50.3 Å². The van der Waals surface area contributed by atoms with E-state index < -0.39 is 0 Å². The molecule has 0 aliphatic heterocycles. The topological polar surface area (TPSA) is 23.8 Å². The van der Waals surface area contributed by atoms with Gasteiger partial charge in [-0.2, -0.15) is 5.26 Å². The van der Waals surface area contributed by atoms with E-state index in [9.17, 15) is 5.26 Å². The summed E-state index contributed by atoms with van der Waals surface area (Å²) >= 11 is 0. The van der Waals surface area contributed by atoms with Crippen molar-refractivity contribution in [3.05, 3.63) is 150 Å². The summed E-state index contributed by atoms with van der Waals surface area (Å²) in [6.07, 6.45) is 10.1. The number of benzene rings is 3. The Morgan fingerprint density at radius 3 is 2.15 bits per heavy atom. The van der Waals surface area contributed by atoms with Crippen molar-refractivity contribution in [1.29, 1.82) is 5.26 Å². The van der Waals surface area contributed by atoms with E-state index in [0.29, 0.717) is 5.57 Å². The van der Waals surface area contributed by atoms with Gasteiger partial charge >= 0.3 is 0 Å². The van der Waals surface area contributed by atoms with Gasteiger partial charge in [0.2, 0.25) is 0 Å². The second-order valence-electron chi connectivity index (χ2n) is 8.31. The normalized spacial score (nSPS) is 11.9. The van der Waals surface area contributed by atoms with E-state index in [2.05, 4.69) is 86.0 Å². The standard InChI is InChI=1S/C33H31N/c1-5-29(18-16-25(2)15-17-28-12-7-6-8-13-28)31-21-19-30(20-22-31)27(4)23-32(24-34)33-14-10-9-11-26(33)3/h5-14,16,18-23H,2,4,15,17H2,1,3H3/b18-16-,29-5+,32-23-. The van der Waals surface area contributed by atoms with Crippen LogP contribution < -0.4 is 0 Å².